The summed E-state index contributed by atoms with van der Waals surface area (Å²) < 4.78 is 4.59. The first kappa shape index (κ1) is 10.4. The van der Waals surface area contributed by atoms with Crippen LogP contribution >= 0.6 is 0 Å². The third-order valence-corrected chi connectivity index (χ3v) is 2.52. The smallest absolute Gasteiger partial charge is 0.340 e. The minimum absolute atomic E-state index is 0.0807. The van der Waals surface area contributed by atoms with E-state index in [0.717, 1.165) is 5.56 Å². The summed E-state index contributed by atoms with van der Waals surface area (Å²) in [6.07, 6.45) is 0.682. The largest absolute Gasteiger partial charge is 0.465 e. The molecule has 16 heavy (non-hydrogen) atoms. The normalized spacial score (nSPS) is 12.8. The van der Waals surface area contributed by atoms with Gasteiger partial charge in [-0.1, -0.05) is 0 Å². The number of carbonyl (C=O) groups excluding carboxylic acids is 1. The number of hydrogen-bond donors (Lipinski definition) is 1. The number of ether oxygens (including phenoxy) is 1. The fourth-order valence-electron chi connectivity index (χ4n) is 1.79. The van der Waals surface area contributed by atoms with E-state index < -0.39 is 10.9 Å². The van der Waals surface area contributed by atoms with Gasteiger partial charge in [0.15, 0.2) is 0 Å². The van der Waals surface area contributed by atoms with Crippen molar-refractivity contribution >= 4 is 17.3 Å². The van der Waals surface area contributed by atoms with Crippen molar-refractivity contribution in [2.24, 2.45) is 0 Å². The van der Waals surface area contributed by atoms with Gasteiger partial charge in [0.2, 0.25) is 0 Å². The molecular weight excluding hydrogens is 212 g/mol. The fraction of sp³-hybridized carbons (Fsp3) is 0.300. The summed E-state index contributed by atoms with van der Waals surface area (Å²) >= 11 is 0. The highest BCUT2D eigenvalue weighted by Gasteiger charge is 2.24. The number of non-ortho nitro benzene ring substituents is 1. The summed E-state index contributed by atoms with van der Waals surface area (Å²) in [5, 5.41) is 13.7. The van der Waals surface area contributed by atoms with Crippen LogP contribution in [0.3, 0.4) is 0 Å². The summed E-state index contributed by atoms with van der Waals surface area (Å²) in [5.41, 5.74) is 1.58. The average molecular weight is 222 g/mol. The first-order valence-corrected chi connectivity index (χ1v) is 4.77. The first-order chi connectivity index (χ1) is 7.63. The van der Waals surface area contributed by atoms with Gasteiger partial charge in [0.05, 0.1) is 23.3 Å². The van der Waals surface area contributed by atoms with E-state index >= 15 is 0 Å². The molecule has 6 nitrogen and oxygen atoms in total. The number of carbonyl (C=O) groups is 1. The van der Waals surface area contributed by atoms with E-state index in [4.69, 9.17) is 0 Å². The maximum Gasteiger partial charge on any atom is 0.340 e. The molecule has 6 heteroatoms. The maximum atomic E-state index is 11.5. The summed E-state index contributed by atoms with van der Waals surface area (Å²) in [6.45, 7) is 0.681. The van der Waals surface area contributed by atoms with E-state index in [2.05, 4.69) is 10.1 Å². The highest BCUT2D eigenvalue weighted by atomic mass is 16.6. The number of nitrogens with one attached hydrogen (secondary N) is 1. The maximum absolute atomic E-state index is 11.5. The van der Waals surface area contributed by atoms with E-state index in [-0.39, 0.29) is 11.3 Å². The zero-order chi connectivity index (χ0) is 11.7. The molecule has 1 aromatic carbocycles. The molecule has 1 N–H and O–H groups in total. The van der Waals surface area contributed by atoms with Crippen LogP contribution < -0.4 is 5.32 Å². The van der Waals surface area contributed by atoms with E-state index in [9.17, 15) is 14.9 Å². The van der Waals surface area contributed by atoms with Crippen LogP contribution in [0.5, 0.6) is 0 Å². The standard InChI is InChI=1S/C10H10N2O4/c1-16-10(13)8-5-7(12(14)15)4-6-2-3-11-9(6)8/h4-5,11H,2-3H2,1H3. The number of rotatable bonds is 2. The van der Waals surface area contributed by atoms with Crippen molar-refractivity contribution in [1.29, 1.82) is 0 Å². The summed E-state index contributed by atoms with van der Waals surface area (Å²) in [4.78, 5) is 21.7. The van der Waals surface area contributed by atoms with Gasteiger partial charge in [-0.05, 0) is 12.0 Å². The van der Waals surface area contributed by atoms with E-state index in [1.54, 1.807) is 0 Å². The predicted octanol–water partition coefficient (Wildman–Crippen LogP) is 1.35. The molecule has 1 aromatic rings. The number of fused-ring (bicyclic) bond motifs is 1. The van der Waals surface area contributed by atoms with Crippen molar-refractivity contribution in [2.45, 2.75) is 6.42 Å². The van der Waals surface area contributed by atoms with Gasteiger partial charge in [0.25, 0.3) is 5.69 Å². The molecule has 0 atom stereocenters. The Morgan fingerprint density at radius 2 is 2.31 bits per heavy atom. The van der Waals surface area contributed by atoms with E-state index in [0.29, 0.717) is 18.7 Å². The van der Waals surface area contributed by atoms with Crippen LogP contribution in [0.2, 0.25) is 0 Å². The minimum atomic E-state index is -0.561. The molecule has 2 rings (SSSR count). The van der Waals surface area contributed by atoms with Gasteiger partial charge in [-0.2, -0.15) is 0 Å². The van der Waals surface area contributed by atoms with Crippen molar-refractivity contribution in [3.05, 3.63) is 33.4 Å². The third-order valence-electron chi connectivity index (χ3n) is 2.52. The van der Waals surface area contributed by atoms with Crippen LogP contribution in [0.1, 0.15) is 15.9 Å². The van der Waals surface area contributed by atoms with Crippen molar-refractivity contribution in [3.8, 4) is 0 Å². The second kappa shape index (κ2) is 3.80. The van der Waals surface area contributed by atoms with Crippen LogP contribution in [0.15, 0.2) is 12.1 Å². The molecule has 84 valence electrons. The van der Waals surface area contributed by atoms with Crippen LogP contribution in [-0.4, -0.2) is 24.5 Å². The quantitative estimate of drug-likeness (QED) is 0.464. The first-order valence-electron chi connectivity index (χ1n) is 4.77. The number of nitro groups is 1. The molecule has 0 spiro atoms. The van der Waals surface area contributed by atoms with Crippen molar-refractivity contribution in [1.82, 2.24) is 0 Å². The average Bonchev–Trinajstić information content (AvgIpc) is 2.74. The molecule has 1 aliphatic heterocycles. The lowest BCUT2D eigenvalue weighted by Crippen LogP contribution is -2.06. The molecule has 0 unspecified atom stereocenters. The summed E-state index contributed by atoms with van der Waals surface area (Å²) in [6, 6.07) is 2.73. The van der Waals surface area contributed by atoms with Crippen LogP contribution in [0, 0.1) is 10.1 Å². The van der Waals surface area contributed by atoms with Gasteiger partial charge in [0.1, 0.15) is 0 Å². The van der Waals surface area contributed by atoms with Crippen molar-refractivity contribution < 1.29 is 14.5 Å². The van der Waals surface area contributed by atoms with Gasteiger partial charge in [0, 0.05) is 18.7 Å². The van der Waals surface area contributed by atoms with Gasteiger partial charge >= 0.3 is 5.97 Å². The predicted molar refractivity (Wildman–Crippen MR) is 56.6 cm³/mol. The third kappa shape index (κ3) is 1.58. The zero-order valence-corrected chi connectivity index (χ0v) is 8.65. The van der Waals surface area contributed by atoms with Gasteiger partial charge in [-0.15, -0.1) is 0 Å². The number of hydrogen-bond acceptors (Lipinski definition) is 5. The minimum Gasteiger partial charge on any atom is -0.465 e. The number of nitrogens with zero attached hydrogens (tertiary/aromatic N) is 1. The molecule has 0 bridgehead atoms. The monoisotopic (exact) mass is 222 g/mol. The van der Waals surface area contributed by atoms with Gasteiger partial charge < -0.3 is 10.1 Å². The second-order valence-electron chi connectivity index (χ2n) is 3.45. The highest BCUT2D eigenvalue weighted by Crippen LogP contribution is 2.31. The Hall–Kier alpha value is -2.11. The van der Waals surface area contributed by atoms with E-state index in [1.165, 1.54) is 19.2 Å². The molecule has 0 saturated carbocycles. The molecule has 1 aliphatic rings. The number of nitro benzene ring substituents is 1. The lowest BCUT2D eigenvalue weighted by Gasteiger charge is -2.06. The van der Waals surface area contributed by atoms with Crippen molar-refractivity contribution in [3.63, 3.8) is 0 Å². The lowest BCUT2D eigenvalue weighted by atomic mass is 10.1. The second-order valence-corrected chi connectivity index (χ2v) is 3.45. The Kier molecular flexibility index (Phi) is 2.47. The Bertz CT molecular complexity index is 470. The zero-order valence-electron chi connectivity index (χ0n) is 8.65. The number of benzene rings is 1. The summed E-state index contributed by atoms with van der Waals surface area (Å²) in [5.74, 6) is -0.561. The van der Waals surface area contributed by atoms with E-state index in [1.807, 2.05) is 0 Å². The Morgan fingerprint density at radius 3 is 2.94 bits per heavy atom. The van der Waals surface area contributed by atoms with Crippen LogP contribution in [-0.2, 0) is 11.2 Å². The molecular formula is C10H10N2O4. The number of anilines is 1. The van der Waals surface area contributed by atoms with Crippen LogP contribution in [0.25, 0.3) is 0 Å². The number of methoxy groups -OCH3 is 1. The lowest BCUT2D eigenvalue weighted by molar-refractivity contribution is -0.384. The summed E-state index contributed by atoms with van der Waals surface area (Å²) in [7, 11) is 1.25. The molecule has 0 saturated heterocycles. The Labute approximate surface area is 91.4 Å². The molecule has 1 heterocycles. The topological polar surface area (TPSA) is 81.5 Å². The SMILES string of the molecule is COC(=O)c1cc([N+](=O)[O-])cc2c1NCC2. The van der Waals surface area contributed by atoms with Crippen LogP contribution in [0.4, 0.5) is 11.4 Å². The highest BCUT2D eigenvalue weighted by molar-refractivity contribution is 5.97. The fourth-order valence-corrected chi connectivity index (χ4v) is 1.79. The molecule has 0 amide bonds. The molecule has 0 fully saturated rings. The molecule has 0 aromatic heterocycles. The Balaban J connectivity index is 2.58. The van der Waals surface area contributed by atoms with Gasteiger partial charge in [-0.3, -0.25) is 10.1 Å². The Morgan fingerprint density at radius 1 is 1.56 bits per heavy atom. The number of esters is 1. The molecule has 0 radical (unpaired) electrons. The van der Waals surface area contributed by atoms with Crippen molar-refractivity contribution in [2.75, 3.05) is 19.0 Å². The molecule has 0 aliphatic carbocycles. The van der Waals surface area contributed by atoms with Gasteiger partial charge in [-0.25, -0.2) is 4.79 Å².